The lowest BCUT2D eigenvalue weighted by Crippen LogP contribution is -2.45. The molecule has 7 rings (SSSR count). The summed E-state index contributed by atoms with van der Waals surface area (Å²) in [7, 11) is 0. The number of carbonyl (C=O) groups is 4. The lowest BCUT2D eigenvalue weighted by Gasteiger charge is -2.45. The van der Waals surface area contributed by atoms with E-state index < -0.39 is 36.4 Å². The van der Waals surface area contributed by atoms with Crippen LogP contribution in [0.5, 0.6) is 0 Å². The molecule has 3 atom stereocenters. The minimum Gasteiger partial charge on any atom is -0.454 e. The van der Waals surface area contributed by atoms with E-state index in [9.17, 15) is 19.2 Å². The van der Waals surface area contributed by atoms with Crippen LogP contribution in [0.25, 0.3) is 0 Å². The quantitative estimate of drug-likeness (QED) is 0.341. The number of hydrogen-bond acceptors (Lipinski definition) is 5. The van der Waals surface area contributed by atoms with E-state index in [-0.39, 0.29) is 23.7 Å². The number of rotatable bonds is 5. The first-order valence-corrected chi connectivity index (χ1v) is 13.8. The van der Waals surface area contributed by atoms with E-state index in [4.69, 9.17) is 4.74 Å². The number of esters is 1. The second-order valence-corrected chi connectivity index (χ2v) is 11.4. The van der Waals surface area contributed by atoms with Crippen LogP contribution in [0.3, 0.4) is 0 Å². The van der Waals surface area contributed by atoms with E-state index >= 15 is 0 Å². The Morgan fingerprint density at radius 3 is 1.74 bits per heavy atom. The molecule has 198 valence electrons. The molecule has 0 saturated carbocycles. The molecule has 0 aromatic heterocycles. The lowest BCUT2D eigenvalue weighted by atomic mass is 9.55. The van der Waals surface area contributed by atoms with Gasteiger partial charge in [0.25, 0.3) is 5.91 Å². The molecule has 39 heavy (non-hydrogen) atoms. The molecular weight excluding hydrogens is 560 g/mol. The van der Waals surface area contributed by atoms with Crippen molar-refractivity contribution < 1.29 is 23.9 Å². The standard InChI is InChI=1S/C31H27BrN2O5/c1-15-12-18(13-16(2)28(15)32)33-23(35)14-39-31(38)17(3)34-29(36)26-24-19-8-4-5-9-20(19)25(27(26)30(34)37)22-11-7-6-10-21(22)24/h4-13,17,24-27H,14H2,1-3H3,(H,33,35)/t17-,24?,25?,26-,27-/m0/s1. The van der Waals surface area contributed by atoms with E-state index in [0.29, 0.717) is 5.69 Å². The van der Waals surface area contributed by atoms with Gasteiger partial charge >= 0.3 is 5.97 Å². The Labute approximate surface area is 234 Å². The van der Waals surface area contributed by atoms with Gasteiger partial charge in [-0.1, -0.05) is 64.5 Å². The number of nitrogens with zero attached hydrogens (tertiary/aromatic N) is 1. The Kier molecular flexibility index (Phi) is 6.18. The summed E-state index contributed by atoms with van der Waals surface area (Å²) in [6.07, 6.45) is 0. The Bertz CT molecular complexity index is 1430. The Morgan fingerprint density at radius 2 is 1.31 bits per heavy atom. The molecule has 3 amide bonds. The topological polar surface area (TPSA) is 92.8 Å². The molecule has 1 N–H and O–H groups in total. The van der Waals surface area contributed by atoms with Gasteiger partial charge in [0.15, 0.2) is 6.61 Å². The molecule has 0 radical (unpaired) electrons. The van der Waals surface area contributed by atoms with Crippen LogP contribution in [-0.2, 0) is 23.9 Å². The predicted octanol–water partition coefficient (Wildman–Crippen LogP) is 4.83. The molecule has 1 heterocycles. The summed E-state index contributed by atoms with van der Waals surface area (Å²) in [6.45, 7) is 4.79. The summed E-state index contributed by atoms with van der Waals surface area (Å²) in [5, 5.41) is 2.73. The van der Waals surface area contributed by atoms with Gasteiger partial charge in [0, 0.05) is 22.0 Å². The van der Waals surface area contributed by atoms with Gasteiger partial charge in [0.1, 0.15) is 6.04 Å². The van der Waals surface area contributed by atoms with E-state index in [1.165, 1.54) is 6.92 Å². The second kappa shape index (κ2) is 9.45. The van der Waals surface area contributed by atoms with Crippen LogP contribution < -0.4 is 5.32 Å². The average Bonchev–Trinajstić information content (AvgIpc) is 3.20. The highest BCUT2D eigenvalue weighted by atomic mass is 79.9. The molecule has 0 spiro atoms. The van der Waals surface area contributed by atoms with Crippen molar-refractivity contribution in [3.8, 4) is 0 Å². The van der Waals surface area contributed by atoms with Crippen molar-refractivity contribution in [2.24, 2.45) is 11.8 Å². The number of anilines is 1. The number of amides is 3. The minimum atomic E-state index is -1.15. The van der Waals surface area contributed by atoms with Crippen LogP contribution in [0.4, 0.5) is 5.69 Å². The van der Waals surface area contributed by atoms with Gasteiger partial charge in [-0.05, 0) is 66.3 Å². The number of carbonyl (C=O) groups excluding carboxylic acids is 4. The van der Waals surface area contributed by atoms with E-state index in [1.54, 1.807) is 0 Å². The largest absolute Gasteiger partial charge is 0.454 e. The molecule has 4 aliphatic rings. The van der Waals surface area contributed by atoms with Crippen LogP contribution in [0.1, 0.15) is 52.1 Å². The maximum Gasteiger partial charge on any atom is 0.329 e. The molecule has 3 aromatic carbocycles. The first-order chi connectivity index (χ1) is 18.7. The van der Waals surface area contributed by atoms with Crippen molar-refractivity contribution in [3.63, 3.8) is 0 Å². The zero-order chi connectivity index (χ0) is 27.6. The third kappa shape index (κ3) is 3.92. The molecule has 2 bridgehead atoms. The highest BCUT2D eigenvalue weighted by Gasteiger charge is 2.62. The van der Waals surface area contributed by atoms with Crippen molar-refractivity contribution in [1.29, 1.82) is 0 Å². The smallest absolute Gasteiger partial charge is 0.329 e. The molecule has 0 unspecified atom stereocenters. The summed E-state index contributed by atoms with van der Waals surface area (Å²) in [5.74, 6) is -3.67. The van der Waals surface area contributed by atoms with Gasteiger partial charge in [-0.3, -0.25) is 19.3 Å². The lowest BCUT2D eigenvalue weighted by molar-refractivity contribution is -0.159. The first-order valence-electron chi connectivity index (χ1n) is 13.0. The van der Waals surface area contributed by atoms with E-state index in [1.807, 2.05) is 74.5 Å². The van der Waals surface area contributed by atoms with Crippen molar-refractivity contribution in [3.05, 3.63) is 98.5 Å². The number of imide groups is 1. The van der Waals surface area contributed by atoms with Crippen LogP contribution >= 0.6 is 15.9 Å². The molecule has 7 nitrogen and oxygen atoms in total. The number of likely N-dealkylation sites (tertiary alicyclic amines) is 1. The highest BCUT2D eigenvalue weighted by molar-refractivity contribution is 9.10. The molecule has 1 fully saturated rings. The summed E-state index contributed by atoms with van der Waals surface area (Å²) in [4.78, 5) is 54.1. The van der Waals surface area contributed by atoms with E-state index in [2.05, 4.69) is 21.2 Å². The molecule has 3 aliphatic carbocycles. The molecule has 3 aromatic rings. The molecular formula is C31H27BrN2O5. The van der Waals surface area contributed by atoms with Crippen LogP contribution in [0, 0.1) is 25.7 Å². The maximum absolute atomic E-state index is 13.8. The fraction of sp³-hybridized carbons (Fsp3) is 0.290. The van der Waals surface area contributed by atoms with Gasteiger partial charge < -0.3 is 10.1 Å². The van der Waals surface area contributed by atoms with E-state index in [0.717, 1.165) is 42.8 Å². The van der Waals surface area contributed by atoms with Gasteiger partial charge in [0.2, 0.25) is 11.8 Å². The number of hydrogen-bond donors (Lipinski definition) is 1. The number of benzene rings is 3. The zero-order valence-electron chi connectivity index (χ0n) is 21.7. The zero-order valence-corrected chi connectivity index (χ0v) is 23.3. The van der Waals surface area contributed by atoms with Crippen LogP contribution in [-0.4, -0.2) is 41.2 Å². The summed E-state index contributed by atoms with van der Waals surface area (Å²) in [6, 6.07) is 18.4. The van der Waals surface area contributed by atoms with Gasteiger partial charge in [0.05, 0.1) is 11.8 Å². The Balaban J connectivity index is 1.20. The van der Waals surface area contributed by atoms with Gasteiger partial charge in [-0.2, -0.15) is 0 Å². The number of halogens is 1. The van der Waals surface area contributed by atoms with Crippen molar-refractivity contribution in [1.82, 2.24) is 4.90 Å². The molecule has 8 heteroatoms. The van der Waals surface area contributed by atoms with Gasteiger partial charge in [-0.25, -0.2) is 4.79 Å². The Morgan fingerprint density at radius 1 is 0.872 bits per heavy atom. The SMILES string of the molecule is Cc1cc(NC(=O)COC(=O)[C@H](C)N2C(=O)[C@H]3C4c5ccccc5C(c5ccccc54)[C@@H]3C2=O)cc(C)c1Br. The molecule has 1 saturated heterocycles. The van der Waals surface area contributed by atoms with Crippen molar-refractivity contribution in [2.75, 3.05) is 11.9 Å². The number of nitrogens with one attached hydrogen (secondary N) is 1. The fourth-order valence-electron chi connectivity index (χ4n) is 6.66. The summed E-state index contributed by atoms with van der Waals surface area (Å²) < 4.78 is 6.23. The maximum atomic E-state index is 13.8. The summed E-state index contributed by atoms with van der Waals surface area (Å²) in [5.41, 5.74) is 6.77. The number of ether oxygens (including phenoxy) is 1. The second-order valence-electron chi connectivity index (χ2n) is 10.6. The van der Waals surface area contributed by atoms with Crippen molar-refractivity contribution in [2.45, 2.75) is 38.6 Å². The van der Waals surface area contributed by atoms with Gasteiger partial charge in [-0.15, -0.1) is 0 Å². The van der Waals surface area contributed by atoms with Crippen molar-refractivity contribution >= 4 is 45.3 Å². The minimum absolute atomic E-state index is 0.249. The third-order valence-electron chi connectivity index (χ3n) is 8.28. The average molecular weight is 587 g/mol. The third-order valence-corrected chi connectivity index (χ3v) is 9.53. The Hall–Kier alpha value is -3.78. The first kappa shape index (κ1) is 25.5. The monoisotopic (exact) mass is 586 g/mol. The highest BCUT2D eigenvalue weighted by Crippen LogP contribution is 2.61. The normalized spacial score (nSPS) is 23.1. The number of aryl methyl sites for hydroxylation is 2. The molecule has 1 aliphatic heterocycles. The van der Waals surface area contributed by atoms with Crippen LogP contribution in [0.2, 0.25) is 0 Å². The predicted molar refractivity (Wildman–Crippen MR) is 148 cm³/mol. The fourth-order valence-corrected chi connectivity index (χ4v) is 6.89. The summed E-state index contributed by atoms with van der Waals surface area (Å²) >= 11 is 3.50. The van der Waals surface area contributed by atoms with Crippen LogP contribution in [0.15, 0.2) is 65.1 Å².